The molecule has 1 atom stereocenters. The third-order valence-corrected chi connectivity index (χ3v) is 4.83. The molecule has 0 heterocycles. The van der Waals surface area contributed by atoms with Crippen molar-refractivity contribution in [2.75, 3.05) is 14.2 Å². The predicted molar refractivity (Wildman–Crippen MR) is 87.4 cm³/mol. The van der Waals surface area contributed by atoms with E-state index in [-0.39, 0.29) is 0 Å². The van der Waals surface area contributed by atoms with Gasteiger partial charge in [-0.2, -0.15) is 0 Å². The summed E-state index contributed by atoms with van der Waals surface area (Å²) >= 11 is 6.26. The van der Waals surface area contributed by atoms with Crippen LogP contribution in [-0.4, -0.2) is 20.3 Å². The molecule has 0 saturated heterocycles. The third kappa shape index (κ3) is 3.83. The van der Waals surface area contributed by atoms with Crippen molar-refractivity contribution in [1.82, 2.24) is 5.32 Å². The van der Waals surface area contributed by atoms with E-state index in [1.807, 2.05) is 12.1 Å². The van der Waals surface area contributed by atoms with Gasteiger partial charge in [0.25, 0.3) is 0 Å². The minimum atomic E-state index is 0.360. The smallest absolute Gasteiger partial charge is 0.179 e. The quantitative estimate of drug-likeness (QED) is 0.873. The molecule has 1 saturated carbocycles. The fourth-order valence-electron chi connectivity index (χ4n) is 3.19. The zero-order valence-electron chi connectivity index (χ0n) is 13.5. The molecule has 1 N–H and O–H groups in total. The van der Waals surface area contributed by atoms with E-state index in [2.05, 4.69) is 19.2 Å². The number of rotatable bonds is 5. The molecular formula is C17H26ClNO2. The van der Waals surface area contributed by atoms with E-state index in [1.54, 1.807) is 14.2 Å². The van der Waals surface area contributed by atoms with Crippen LogP contribution in [0, 0.1) is 5.41 Å². The van der Waals surface area contributed by atoms with Gasteiger partial charge in [0, 0.05) is 12.6 Å². The first-order valence-electron chi connectivity index (χ1n) is 7.61. The van der Waals surface area contributed by atoms with Gasteiger partial charge >= 0.3 is 0 Å². The van der Waals surface area contributed by atoms with E-state index in [4.69, 9.17) is 21.1 Å². The molecule has 1 aliphatic rings. The first-order valence-corrected chi connectivity index (χ1v) is 7.99. The van der Waals surface area contributed by atoms with Crippen LogP contribution in [0.2, 0.25) is 5.02 Å². The molecule has 0 amide bonds. The zero-order chi connectivity index (χ0) is 15.5. The van der Waals surface area contributed by atoms with Gasteiger partial charge < -0.3 is 14.8 Å². The first kappa shape index (κ1) is 16.4. The van der Waals surface area contributed by atoms with Crippen LogP contribution in [0.25, 0.3) is 0 Å². The molecule has 1 unspecified atom stereocenters. The van der Waals surface area contributed by atoms with E-state index in [9.17, 15) is 0 Å². The monoisotopic (exact) mass is 311 g/mol. The van der Waals surface area contributed by atoms with Crippen molar-refractivity contribution in [1.29, 1.82) is 0 Å². The minimum Gasteiger partial charge on any atom is -0.493 e. The van der Waals surface area contributed by atoms with Crippen LogP contribution in [0.3, 0.4) is 0 Å². The highest BCUT2D eigenvalue weighted by atomic mass is 35.5. The SMILES string of the molecule is COc1cc(CNC2CCCCC2(C)C)cc(Cl)c1OC. The summed E-state index contributed by atoms with van der Waals surface area (Å²) < 4.78 is 10.6. The van der Waals surface area contributed by atoms with E-state index >= 15 is 0 Å². The van der Waals surface area contributed by atoms with Crippen molar-refractivity contribution >= 4 is 11.6 Å². The molecule has 21 heavy (non-hydrogen) atoms. The number of hydrogen-bond acceptors (Lipinski definition) is 3. The van der Waals surface area contributed by atoms with Crippen molar-refractivity contribution in [2.45, 2.75) is 52.1 Å². The lowest BCUT2D eigenvalue weighted by Crippen LogP contribution is -2.43. The highest BCUT2D eigenvalue weighted by Crippen LogP contribution is 2.37. The Morgan fingerprint density at radius 2 is 2.00 bits per heavy atom. The summed E-state index contributed by atoms with van der Waals surface area (Å²) in [4.78, 5) is 0. The third-order valence-electron chi connectivity index (χ3n) is 4.55. The summed E-state index contributed by atoms with van der Waals surface area (Å²) in [6.07, 6.45) is 5.19. The van der Waals surface area contributed by atoms with Crippen molar-refractivity contribution in [3.8, 4) is 11.5 Å². The Morgan fingerprint density at radius 1 is 1.24 bits per heavy atom. The van der Waals surface area contributed by atoms with Gasteiger partial charge in [0.1, 0.15) is 0 Å². The van der Waals surface area contributed by atoms with Gasteiger partial charge in [0.2, 0.25) is 0 Å². The second kappa shape index (κ2) is 6.89. The maximum atomic E-state index is 6.26. The minimum absolute atomic E-state index is 0.360. The van der Waals surface area contributed by atoms with Crippen LogP contribution < -0.4 is 14.8 Å². The largest absolute Gasteiger partial charge is 0.493 e. The average Bonchev–Trinajstić information content (AvgIpc) is 2.45. The van der Waals surface area contributed by atoms with E-state index in [0.29, 0.717) is 28.0 Å². The number of methoxy groups -OCH3 is 2. The average molecular weight is 312 g/mol. The molecule has 3 nitrogen and oxygen atoms in total. The topological polar surface area (TPSA) is 30.5 Å². The lowest BCUT2D eigenvalue weighted by molar-refractivity contribution is 0.166. The summed E-state index contributed by atoms with van der Waals surface area (Å²) in [6, 6.07) is 4.50. The molecule has 0 radical (unpaired) electrons. The molecule has 0 bridgehead atoms. The molecule has 1 fully saturated rings. The van der Waals surface area contributed by atoms with Crippen molar-refractivity contribution in [3.05, 3.63) is 22.7 Å². The predicted octanol–water partition coefficient (Wildman–Crippen LogP) is 4.42. The molecular weight excluding hydrogens is 286 g/mol. The van der Waals surface area contributed by atoms with Gasteiger partial charge in [0.15, 0.2) is 11.5 Å². The summed E-state index contributed by atoms with van der Waals surface area (Å²) in [7, 11) is 3.24. The molecule has 0 aliphatic heterocycles. The molecule has 1 aliphatic carbocycles. The number of hydrogen-bond donors (Lipinski definition) is 1. The van der Waals surface area contributed by atoms with E-state index in [0.717, 1.165) is 12.1 Å². The Balaban J connectivity index is 2.08. The lowest BCUT2D eigenvalue weighted by Gasteiger charge is -2.39. The number of benzene rings is 1. The van der Waals surface area contributed by atoms with Crippen LogP contribution in [0.1, 0.15) is 45.1 Å². The first-order chi connectivity index (χ1) is 9.97. The summed E-state index contributed by atoms with van der Waals surface area (Å²) in [6.45, 7) is 5.50. The number of nitrogens with one attached hydrogen (secondary N) is 1. The van der Waals surface area contributed by atoms with Crippen LogP contribution in [0.5, 0.6) is 11.5 Å². The molecule has 0 aromatic heterocycles. The van der Waals surface area contributed by atoms with Crippen LogP contribution in [0.4, 0.5) is 0 Å². The number of halogens is 1. The molecule has 1 aromatic rings. The molecule has 1 aromatic carbocycles. The highest BCUT2D eigenvalue weighted by Gasteiger charge is 2.31. The van der Waals surface area contributed by atoms with Crippen LogP contribution in [-0.2, 0) is 6.54 Å². The van der Waals surface area contributed by atoms with Gasteiger partial charge in [-0.05, 0) is 36.0 Å². The Kier molecular flexibility index (Phi) is 5.39. The molecule has 0 spiro atoms. The van der Waals surface area contributed by atoms with Gasteiger partial charge in [-0.1, -0.05) is 38.3 Å². The zero-order valence-corrected chi connectivity index (χ0v) is 14.2. The maximum Gasteiger partial charge on any atom is 0.179 e. The van der Waals surface area contributed by atoms with Crippen molar-refractivity contribution in [2.24, 2.45) is 5.41 Å². The van der Waals surface area contributed by atoms with Crippen molar-refractivity contribution < 1.29 is 9.47 Å². The van der Waals surface area contributed by atoms with Gasteiger partial charge in [-0.3, -0.25) is 0 Å². The van der Waals surface area contributed by atoms with Gasteiger partial charge in [0.05, 0.1) is 19.2 Å². The van der Waals surface area contributed by atoms with E-state index in [1.165, 1.54) is 25.7 Å². The maximum absolute atomic E-state index is 6.26. The van der Waals surface area contributed by atoms with Crippen molar-refractivity contribution in [3.63, 3.8) is 0 Å². The normalized spacial score (nSPS) is 21.1. The van der Waals surface area contributed by atoms with Crippen LogP contribution in [0.15, 0.2) is 12.1 Å². The highest BCUT2D eigenvalue weighted by molar-refractivity contribution is 6.32. The standard InChI is InChI=1S/C17H26ClNO2/c1-17(2)8-6-5-7-15(17)19-11-12-9-13(18)16(21-4)14(10-12)20-3/h9-10,15,19H,5-8,11H2,1-4H3. The second-order valence-corrected chi connectivity index (χ2v) is 6.89. The van der Waals surface area contributed by atoms with E-state index < -0.39 is 0 Å². The summed E-state index contributed by atoms with van der Waals surface area (Å²) in [5, 5.41) is 4.28. The van der Waals surface area contributed by atoms with Crippen LogP contribution >= 0.6 is 11.6 Å². The Bertz CT molecular complexity index is 488. The summed E-state index contributed by atoms with van der Waals surface area (Å²) in [5.74, 6) is 1.28. The number of ether oxygens (including phenoxy) is 2. The lowest BCUT2D eigenvalue weighted by atomic mass is 9.73. The van der Waals surface area contributed by atoms with Gasteiger partial charge in [-0.15, -0.1) is 0 Å². The fourth-order valence-corrected chi connectivity index (χ4v) is 3.50. The molecule has 118 valence electrons. The second-order valence-electron chi connectivity index (χ2n) is 6.48. The summed E-state index contributed by atoms with van der Waals surface area (Å²) in [5.41, 5.74) is 1.48. The Labute approximate surface area is 133 Å². The Morgan fingerprint density at radius 3 is 2.62 bits per heavy atom. The molecule has 4 heteroatoms. The Hall–Kier alpha value is -0.930. The fraction of sp³-hybridized carbons (Fsp3) is 0.647. The van der Waals surface area contributed by atoms with Gasteiger partial charge in [-0.25, -0.2) is 0 Å². The molecule has 2 rings (SSSR count).